The minimum atomic E-state index is -0.232. The average Bonchev–Trinajstić information content (AvgIpc) is 2.81. The van der Waals surface area contributed by atoms with Crippen LogP contribution in [-0.4, -0.2) is 15.9 Å². The lowest BCUT2D eigenvalue weighted by atomic mass is 10.1. The van der Waals surface area contributed by atoms with E-state index in [1.807, 2.05) is 78.9 Å². The molecule has 6 heteroatoms. The molecule has 0 aliphatic rings. The summed E-state index contributed by atoms with van der Waals surface area (Å²) in [6, 6.07) is 26.6. The molecule has 0 aliphatic carbocycles. The summed E-state index contributed by atoms with van der Waals surface area (Å²) in [5.41, 5.74) is 4.19. The number of anilines is 3. The van der Waals surface area contributed by atoms with Crippen LogP contribution in [0.3, 0.4) is 0 Å². The van der Waals surface area contributed by atoms with E-state index in [-0.39, 0.29) is 5.91 Å². The molecule has 5 nitrogen and oxygen atoms in total. The first-order valence-electron chi connectivity index (χ1n) is 9.65. The van der Waals surface area contributed by atoms with Gasteiger partial charge < -0.3 is 10.6 Å². The summed E-state index contributed by atoms with van der Waals surface area (Å²) < 4.78 is 0. The van der Waals surface area contributed by atoms with Crippen LogP contribution < -0.4 is 10.6 Å². The van der Waals surface area contributed by atoms with Crippen molar-refractivity contribution in [3.63, 3.8) is 0 Å². The molecule has 31 heavy (non-hydrogen) atoms. The Morgan fingerprint density at radius 1 is 0.839 bits per heavy atom. The number of hydrogen-bond acceptors (Lipinski definition) is 4. The maximum Gasteiger partial charge on any atom is 0.248 e. The Bertz CT molecular complexity index is 1210. The number of hydrogen-bond donors (Lipinski definition) is 2. The van der Waals surface area contributed by atoms with E-state index in [0.29, 0.717) is 16.5 Å². The monoisotopic (exact) mass is 426 g/mol. The van der Waals surface area contributed by atoms with Crippen molar-refractivity contribution >= 4 is 40.8 Å². The Balaban J connectivity index is 1.39. The summed E-state index contributed by atoms with van der Waals surface area (Å²) in [4.78, 5) is 20.8. The van der Waals surface area contributed by atoms with Gasteiger partial charge in [0.05, 0.1) is 5.69 Å². The highest BCUT2D eigenvalue weighted by atomic mass is 35.5. The van der Waals surface area contributed by atoms with Crippen molar-refractivity contribution in [1.29, 1.82) is 0 Å². The Labute approximate surface area is 185 Å². The Kier molecular flexibility index (Phi) is 6.35. The normalized spacial score (nSPS) is 10.7. The number of halogens is 1. The van der Waals surface area contributed by atoms with Gasteiger partial charge in [0.15, 0.2) is 0 Å². The largest absolute Gasteiger partial charge is 0.340 e. The lowest BCUT2D eigenvalue weighted by Gasteiger charge is -2.08. The standard InChI is InChI=1S/C25H19ClN4O/c26-22-9-5-4-6-18(22)10-15-25(31)30-21-13-11-20(12-14-21)29-24-16-23(27-17-28-24)19-7-2-1-3-8-19/h1-17H,(H,30,31)(H,27,28,29)/b15-10+. The van der Waals surface area contributed by atoms with Gasteiger partial charge in [0.25, 0.3) is 0 Å². The molecule has 0 spiro atoms. The van der Waals surface area contributed by atoms with Crippen molar-refractivity contribution in [2.24, 2.45) is 0 Å². The van der Waals surface area contributed by atoms with E-state index in [1.165, 1.54) is 12.4 Å². The van der Waals surface area contributed by atoms with E-state index in [9.17, 15) is 4.79 Å². The molecule has 1 amide bonds. The van der Waals surface area contributed by atoms with Crippen LogP contribution in [0.4, 0.5) is 17.2 Å². The van der Waals surface area contributed by atoms with Crippen LogP contribution >= 0.6 is 11.6 Å². The second kappa shape index (κ2) is 9.69. The first kappa shape index (κ1) is 20.3. The molecule has 152 valence electrons. The van der Waals surface area contributed by atoms with E-state index >= 15 is 0 Å². The maximum atomic E-state index is 12.2. The molecule has 1 aromatic heterocycles. The number of carbonyl (C=O) groups is 1. The van der Waals surface area contributed by atoms with Gasteiger partial charge >= 0.3 is 0 Å². The molecule has 0 radical (unpaired) electrons. The highest BCUT2D eigenvalue weighted by molar-refractivity contribution is 6.32. The van der Waals surface area contributed by atoms with Crippen LogP contribution in [0.15, 0.2) is 97.3 Å². The first-order valence-corrected chi connectivity index (χ1v) is 10.0. The molecule has 4 aromatic rings. The molecule has 0 atom stereocenters. The van der Waals surface area contributed by atoms with Gasteiger partial charge in [-0.25, -0.2) is 9.97 Å². The number of amides is 1. The molecule has 0 saturated heterocycles. The van der Waals surface area contributed by atoms with Gasteiger partial charge in [-0.05, 0) is 42.0 Å². The van der Waals surface area contributed by atoms with Crippen molar-refractivity contribution in [1.82, 2.24) is 9.97 Å². The molecular formula is C25H19ClN4O. The summed E-state index contributed by atoms with van der Waals surface area (Å²) in [7, 11) is 0. The van der Waals surface area contributed by atoms with E-state index in [4.69, 9.17) is 11.6 Å². The van der Waals surface area contributed by atoms with Gasteiger partial charge in [-0.15, -0.1) is 0 Å². The van der Waals surface area contributed by atoms with E-state index in [2.05, 4.69) is 20.6 Å². The van der Waals surface area contributed by atoms with Crippen LogP contribution in [0.5, 0.6) is 0 Å². The second-order valence-corrected chi connectivity index (χ2v) is 7.11. The van der Waals surface area contributed by atoms with Gasteiger partial charge in [0, 0.05) is 34.1 Å². The molecule has 0 unspecified atom stereocenters. The molecule has 3 aromatic carbocycles. The van der Waals surface area contributed by atoms with Crippen molar-refractivity contribution in [2.45, 2.75) is 0 Å². The summed E-state index contributed by atoms with van der Waals surface area (Å²) in [6.45, 7) is 0. The zero-order chi connectivity index (χ0) is 21.5. The average molecular weight is 427 g/mol. The summed E-state index contributed by atoms with van der Waals surface area (Å²) >= 11 is 6.10. The highest BCUT2D eigenvalue weighted by Crippen LogP contribution is 2.22. The minimum absolute atomic E-state index is 0.232. The number of carbonyl (C=O) groups excluding carboxylic acids is 1. The second-order valence-electron chi connectivity index (χ2n) is 6.70. The quantitative estimate of drug-likeness (QED) is 0.360. The van der Waals surface area contributed by atoms with Gasteiger partial charge in [-0.3, -0.25) is 4.79 Å². The maximum absolute atomic E-state index is 12.2. The smallest absolute Gasteiger partial charge is 0.248 e. The summed E-state index contributed by atoms with van der Waals surface area (Å²) in [6.07, 6.45) is 4.68. The van der Waals surface area contributed by atoms with Gasteiger partial charge in [-0.2, -0.15) is 0 Å². The fraction of sp³-hybridized carbons (Fsp3) is 0. The predicted molar refractivity (Wildman–Crippen MR) is 126 cm³/mol. The van der Waals surface area contributed by atoms with Gasteiger partial charge in [-0.1, -0.05) is 60.1 Å². The molecule has 1 heterocycles. The lowest BCUT2D eigenvalue weighted by Crippen LogP contribution is -2.07. The number of nitrogens with zero attached hydrogens (tertiary/aromatic N) is 2. The Morgan fingerprint density at radius 2 is 1.55 bits per heavy atom. The third-order valence-corrected chi connectivity index (χ3v) is 4.83. The molecule has 2 N–H and O–H groups in total. The first-order chi connectivity index (χ1) is 15.2. The highest BCUT2D eigenvalue weighted by Gasteiger charge is 2.03. The van der Waals surface area contributed by atoms with Gasteiger partial charge in [0.2, 0.25) is 5.91 Å². The van der Waals surface area contributed by atoms with Crippen molar-refractivity contribution in [3.05, 3.63) is 108 Å². The van der Waals surface area contributed by atoms with Crippen molar-refractivity contribution in [2.75, 3.05) is 10.6 Å². The lowest BCUT2D eigenvalue weighted by molar-refractivity contribution is -0.111. The van der Waals surface area contributed by atoms with Crippen LogP contribution in [0.2, 0.25) is 5.02 Å². The molecule has 0 bridgehead atoms. The zero-order valence-corrected chi connectivity index (χ0v) is 17.3. The van der Waals surface area contributed by atoms with E-state index in [1.54, 1.807) is 12.1 Å². The Morgan fingerprint density at radius 3 is 2.32 bits per heavy atom. The van der Waals surface area contributed by atoms with Crippen LogP contribution in [0.25, 0.3) is 17.3 Å². The van der Waals surface area contributed by atoms with Crippen molar-refractivity contribution < 1.29 is 4.79 Å². The predicted octanol–water partition coefficient (Wildman–Crippen LogP) is 6.19. The van der Waals surface area contributed by atoms with Gasteiger partial charge in [0.1, 0.15) is 12.1 Å². The SMILES string of the molecule is O=C(/C=C/c1ccccc1Cl)Nc1ccc(Nc2cc(-c3ccccc3)ncn2)cc1. The molecule has 0 aliphatic heterocycles. The third-order valence-electron chi connectivity index (χ3n) is 4.48. The fourth-order valence-electron chi connectivity index (χ4n) is 2.94. The molecule has 0 fully saturated rings. The number of benzene rings is 3. The summed E-state index contributed by atoms with van der Waals surface area (Å²) in [5, 5.41) is 6.69. The molecular weight excluding hydrogens is 408 g/mol. The topological polar surface area (TPSA) is 66.9 Å². The minimum Gasteiger partial charge on any atom is -0.340 e. The van der Waals surface area contributed by atoms with Crippen LogP contribution in [-0.2, 0) is 4.79 Å². The molecule has 4 rings (SSSR count). The van der Waals surface area contributed by atoms with Crippen LogP contribution in [0, 0.1) is 0 Å². The fourth-order valence-corrected chi connectivity index (χ4v) is 3.14. The van der Waals surface area contributed by atoms with Crippen LogP contribution in [0.1, 0.15) is 5.56 Å². The molecule has 0 saturated carbocycles. The Hall–Kier alpha value is -3.96. The number of aromatic nitrogens is 2. The number of nitrogens with one attached hydrogen (secondary N) is 2. The third kappa shape index (κ3) is 5.56. The summed E-state index contributed by atoms with van der Waals surface area (Å²) in [5.74, 6) is 0.456. The zero-order valence-electron chi connectivity index (χ0n) is 16.5. The number of rotatable bonds is 6. The van der Waals surface area contributed by atoms with Crippen molar-refractivity contribution in [3.8, 4) is 11.3 Å². The van der Waals surface area contributed by atoms with E-state index < -0.39 is 0 Å². The van der Waals surface area contributed by atoms with E-state index in [0.717, 1.165) is 22.5 Å².